The number of alkyl halides is 3. The number of amides is 1. The molecule has 1 fully saturated rings. The lowest BCUT2D eigenvalue weighted by Gasteiger charge is -2.35. The second-order valence-electron chi connectivity index (χ2n) is 6.61. The Morgan fingerprint density at radius 1 is 1.29 bits per heavy atom. The minimum absolute atomic E-state index is 0.0887. The number of hydrogen-bond donors (Lipinski definition) is 1. The molecule has 2 heterocycles. The van der Waals surface area contributed by atoms with Crippen LogP contribution in [0, 0.1) is 6.92 Å². The number of hydrogen-bond acceptors (Lipinski definition) is 6. The molecule has 0 unspecified atom stereocenters. The van der Waals surface area contributed by atoms with Gasteiger partial charge in [-0.2, -0.15) is 13.2 Å². The minimum Gasteiger partial charge on any atom is -0.367 e. The molecule has 10 heteroatoms. The van der Waals surface area contributed by atoms with Crippen LogP contribution >= 0.6 is 23.1 Å². The summed E-state index contributed by atoms with van der Waals surface area (Å²) in [5, 5.41) is 4.56. The summed E-state index contributed by atoms with van der Waals surface area (Å²) in [6.45, 7) is 4.88. The average Bonchev–Trinajstić information content (AvgIpc) is 3.05. The molecule has 0 atom stereocenters. The highest BCUT2D eigenvalue weighted by molar-refractivity contribution is 8.01. The average molecular weight is 431 g/mol. The Morgan fingerprint density at radius 3 is 2.61 bits per heavy atom. The smallest absolute Gasteiger partial charge is 0.367 e. The standard InChI is InChI=1S/C18H21F3N4OS2/c1-12-10-27-17(22-12)28-11-16(26)23-14-9-13(18(19,20)21)3-4-15(14)25-7-5-24(2)6-8-25/h3-4,9-10H,5-8,11H2,1-2H3,(H,23,26). The molecule has 5 nitrogen and oxygen atoms in total. The predicted molar refractivity (Wildman–Crippen MR) is 107 cm³/mol. The number of halogens is 3. The number of rotatable bonds is 5. The van der Waals surface area contributed by atoms with Crippen LogP contribution in [0.25, 0.3) is 0 Å². The molecule has 28 heavy (non-hydrogen) atoms. The van der Waals surface area contributed by atoms with Gasteiger partial charge in [-0.1, -0.05) is 11.8 Å². The monoisotopic (exact) mass is 430 g/mol. The Kier molecular flexibility index (Phi) is 6.51. The summed E-state index contributed by atoms with van der Waals surface area (Å²) in [4.78, 5) is 20.8. The molecular formula is C18H21F3N4OS2. The Balaban J connectivity index is 1.76. The van der Waals surface area contributed by atoms with Gasteiger partial charge in [-0.3, -0.25) is 4.79 Å². The van der Waals surface area contributed by atoms with E-state index in [1.165, 1.54) is 29.2 Å². The van der Waals surface area contributed by atoms with Crippen molar-refractivity contribution in [2.45, 2.75) is 17.4 Å². The van der Waals surface area contributed by atoms with Crippen molar-refractivity contribution in [1.82, 2.24) is 9.88 Å². The van der Waals surface area contributed by atoms with Crippen molar-refractivity contribution >= 4 is 40.4 Å². The quantitative estimate of drug-likeness (QED) is 0.728. The van der Waals surface area contributed by atoms with Crippen LogP contribution in [0.1, 0.15) is 11.3 Å². The first-order valence-electron chi connectivity index (χ1n) is 8.72. The lowest BCUT2D eigenvalue weighted by molar-refractivity contribution is -0.137. The van der Waals surface area contributed by atoms with Gasteiger partial charge in [0, 0.05) is 37.3 Å². The van der Waals surface area contributed by atoms with Crippen molar-refractivity contribution in [1.29, 1.82) is 0 Å². The van der Waals surface area contributed by atoms with Crippen LogP contribution in [0.3, 0.4) is 0 Å². The first-order valence-corrected chi connectivity index (χ1v) is 10.6. The molecule has 3 rings (SSSR count). The lowest BCUT2D eigenvalue weighted by Crippen LogP contribution is -2.44. The maximum atomic E-state index is 13.2. The second-order valence-corrected chi connectivity index (χ2v) is 8.69. The molecule has 1 N–H and O–H groups in total. The van der Waals surface area contributed by atoms with E-state index in [0.717, 1.165) is 35.3 Å². The maximum Gasteiger partial charge on any atom is 0.416 e. The number of carbonyl (C=O) groups is 1. The molecule has 1 aliphatic heterocycles. The molecule has 0 bridgehead atoms. The Bertz CT molecular complexity index is 832. The van der Waals surface area contributed by atoms with Crippen LogP contribution in [0.2, 0.25) is 0 Å². The van der Waals surface area contributed by atoms with Gasteiger partial charge in [0.05, 0.1) is 22.7 Å². The summed E-state index contributed by atoms with van der Waals surface area (Å²) < 4.78 is 40.2. The van der Waals surface area contributed by atoms with Crippen LogP contribution in [0.4, 0.5) is 24.5 Å². The van der Waals surface area contributed by atoms with Crippen LogP contribution in [-0.4, -0.2) is 54.8 Å². The SMILES string of the molecule is Cc1csc(SCC(=O)Nc2cc(C(F)(F)F)ccc2N2CCN(C)CC2)n1. The van der Waals surface area contributed by atoms with E-state index in [4.69, 9.17) is 0 Å². The summed E-state index contributed by atoms with van der Waals surface area (Å²) in [7, 11) is 2.00. The zero-order valence-corrected chi connectivity index (χ0v) is 17.2. The maximum absolute atomic E-state index is 13.2. The van der Waals surface area contributed by atoms with Crippen LogP contribution in [-0.2, 0) is 11.0 Å². The fraction of sp³-hybridized carbons (Fsp3) is 0.444. The summed E-state index contributed by atoms with van der Waals surface area (Å²) in [6, 6.07) is 3.53. The fourth-order valence-corrected chi connectivity index (χ4v) is 4.50. The van der Waals surface area contributed by atoms with E-state index in [1.54, 1.807) is 0 Å². The Morgan fingerprint density at radius 2 is 2.00 bits per heavy atom. The van der Waals surface area contributed by atoms with Crippen molar-refractivity contribution in [3.05, 3.63) is 34.8 Å². The predicted octanol–water partition coefficient (Wildman–Crippen LogP) is 3.95. The molecule has 0 aliphatic carbocycles. The Labute approximate surface area is 169 Å². The molecule has 1 aliphatic rings. The van der Waals surface area contributed by atoms with Crippen LogP contribution in [0.5, 0.6) is 0 Å². The van der Waals surface area contributed by atoms with Gasteiger partial charge in [0.15, 0.2) is 4.34 Å². The van der Waals surface area contributed by atoms with Gasteiger partial charge in [0.2, 0.25) is 5.91 Å². The van der Waals surface area contributed by atoms with Crippen molar-refractivity contribution in [3.63, 3.8) is 0 Å². The summed E-state index contributed by atoms with van der Waals surface area (Å²) in [6.07, 6.45) is -4.46. The van der Waals surface area contributed by atoms with Crippen molar-refractivity contribution < 1.29 is 18.0 Å². The molecule has 1 saturated heterocycles. The number of nitrogens with zero attached hydrogens (tertiary/aromatic N) is 3. The molecule has 1 amide bonds. The number of piperazine rings is 1. The zero-order valence-electron chi connectivity index (χ0n) is 15.5. The van der Waals surface area contributed by atoms with E-state index in [-0.39, 0.29) is 17.3 Å². The van der Waals surface area contributed by atoms with Crippen molar-refractivity contribution in [2.24, 2.45) is 0 Å². The normalized spacial score (nSPS) is 15.7. The summed E-state index contributed by atoms with van der Waals surface area (Å²) >= 11 is 2.71. The second kappa shape index (κ2) is 8.71. The molecular weight excluding hydrogens is 409 g/mol. The number of thioether (sulfide) groups is 1. The number of anilines is 2. The van der Waals surface area contributed by atoms with E-state index in [2.05, 4.69) is 15.2 Å². The van der Waals surface area contributed by atoms with Crippen LogP contribution in [0.15, 0.2) is 27.9 Å². The molecule has 0 radical (unpaired) electrons. The third-order valence-electron chi connectivity index (χ3n) is 4.37. The molecule has 1 aromatic heterocycles. The van der Waals surface area contributed by atoms with Gasteiger partial charge in [0.25, 0.3) is 0 Å². The van der Waals surface area contributed by atoms with Gasteiger partial charge in [-0.25, -0.2) is 4.98 Å². The number of nitrogens with one attached hydrogen (secondary N) is 1. The summed E-state index contributed by atoms with van der Waals surface area (Å²) in [5.41, 5.74) is 0.914. The van der Waals surface area contributed by atoms with Crippen molar-refractivity contribution in [2.75, 3.05) is 49.2 Å². The summed E-state index contributed by atoms with van der Waals surface area (Å²) in [5.74, 6) is -0.265. The molecule has 1 aromatic carbocycles. The molecule has 2 aromatic rings. The number of aromatic nitrogens is 1. The highest BCUT2D eigenvalue weighted by Gasteiger charge is 2.32. The highest BCUT2D eigenvalue weighted by Crippen LogP contribution is 2.36. The van der Waals surface area contributed by atoms with Crippen LogP contribution < -0.4 is 10.2 Å². The first-order chi connectivity index (χ1) is 13.2. The van der Waals surface area contributed by atoms with Gasteiger partial charge < -0.3 is 15.1 Å². The number of likely N-dealkylation sites (N-methyl/N-ethyl adjacent to an activating group) is 1. The van der Waals surface area contributed by atoms with Gasteiger partial charge in [0.1, 0.15) is 0 Å². The first kappa shape index (κ1) is 20.9. The van der Waals surface area contributed by atoms with Gasteiger partial charge >= 0.3 is 6.18 Å². The largest absolute Gasteiger partial charge is 0.416 e. The highest BCUT2D eigenvalue weighted by atomic mass is 32.2. The van der Waals surface area contributed by atoms with Crippen molar-refractivity contribution in [3.8, 4) is 0 Å². The molecule has 0 spiro atoms. The van der Waals surface area contributed by atoms with E-state index in [0.29, 0.717) is 18.8 Å². The number of thiazole rings is 1. The number of carbonyl (C=O) groups excluding carboxylic acids is 1. The topological polar surface area (TPSA) is 48.5 Å². The lowest BCUT2D eigenvalue weighted by atomic mass is 10.1. The van der Waals surface area contributed by atoms with E-state index < -0.39 is 11.7 Å². The van der Waals surface area contributed by atoms with Gasteiger partial charge in [-0.05, 0) is 32.2 Å². The Hall–Kier alpha value is -1.78. The molecule has 0 saturated carbocycles. The third-order valence-corrected chi connectivity index (χ3v) is 6.51. The third kappa shape index (κ3) is 5.39. The van der Waals surface area contributed by atoms with Gasteiger partial charge in [-0.15, -0.1) is 11.3 Å². The van der Waals surface area contributed by atoms with E-state index >= 15 is 0 Å². The fourth-order valence-electron chi connectivity index (χ4n) is 2.85. The zero-order chi connectivity index (χ0) is 20.3. The number of benzene rings is 1. The van der Waals surface area contributed by atoms with E-state index in [1.807, 2.05) is 24.3 Å². The van der Waals surface area contributed by atoms with E-state index in [9.17, 15) is 18.0 Å². The molecule has 152 valence electrons. The number of aryl methyl sites for hydroxylation is 1. The minimum atomic E-state index is -4.46.